The van der Waals surface area contributed by atoms with Crippen molar-refractivity contribution in [3.8, 4) is 0 Å². The van der Waals surface area contributed by atoms with E-state index in [2.05, 4.69) is 23.5 Å². The fraction of sp³-hybridized carbons (Fsp3) is 1.00. The predicted octanol–water partition coefficient (Wildman–Crippen LogP) is 5.06. The van der Waals surface area contributed by atoms with Crippen molar-refractivity contribution in [3.05, 3.63) is 0 Å². The van der Waals surface area contributed by atoms with E-state index >= 15 is 0 Å². The van der Waals surface area contributed by atoms with Crippen LogP contribution in [-0.4, -0.2) is 36.9 Å². The molecule has 0 radical (unpaired) electrons. The summed E-state index contributed by atoms with van der Waals surface area (Å²) in [5.74, 6) is 2.78. The van der Waals surface area contributed by atoms with E-state index in [0.29, 0.717) is 12.5 Å². The van der Waals surface area contributed by atoms with Gasteiger partial charge >= 0.3 is 0 Å². The molecule has 1 heterocycles. The van der Waals surface area contributed by atoms with Crippen molar-refractivity contribution in [1.29, 1.82) is 0 Å². The van der Waals surface area contributed by atoms with Crippen molar-refractivity contribution < 1.29 is 12.6 Å². The fourth-order valence-corrected chi connectivity index (χ4v) is 7.75. The van der Waals surface area contributed by atoms with Crippen LogP contribution in [0.5, 0.6) is 0 Å². The highest BCUT2D eigenvalue weighted by Gasteiger charge is 2.41. The van der Waals surface area contributed by atoms with Crippen LogP contribution in [0.4, 0.5) is 0 Å². The molecule has 0 aromatic carbocycles. The van der Waals surface area contributed by atoms with E-state index in [9.17, 15) is 8.42 Å². The van der Waals surface area contributed by atoms with Crippen LogP contribution in [0.1, 0.15) is 70.6 Å². The first kappa shape index (κ1) is 19.9. The Balaban J connectivity index is 2.08. The van der Waals surface area contributed by atoms with Crippen molar-refractivity contribution in [2.24, 2.45) is 5.92 Å². The molecule has 2 aliphatic rings. The predicted molar refractivity (Wildman–Crippen MR) is 103 cm³/mol. The Morgan fingerprint density at radius 3 is 2.09 bits per heavy atom. The van der Waals surface area contributed by atoms with E-state index in [1.807, 2.05) is 0 Å². The van der Waals surface area contributed by atoms with E-state index in [0.717, 1.165) is 6.42 Å². The van der Waals surface area contributed by atoms with Gasteiger partial charge in [-0.1, -0.05) is 51.4 Å². The van der Waals surface area contributed by atoms with Gasteiger partial charge in [-0.15, -0.1) is 23.5 Å². The summed E-state index contributed by atoms with van der Waals surface area (Å²) in [5, 5.41) is 0. The highest BCUT2D eigenvalue weighted by atomic mass is 32.2. The second-order valence-corrected chi connectivity index (χ2v) is 11.7. The molecule has 1 aliphatic heterocycles. The molecule has 0 aromatic heterocycles. The molecule has 3 nitrogen and oxygen atoms in total. The Kier molecular flexibility index (Phi) is 8.60. The SMILES string of the molecule is CS(=O)(=O)OC[C@@H]1CCCCCCCCCCC12SCCCS2. The minimum atomic E-state index is -3.35. The lowest BCUT2D eigenvalue weighted by Crippen LogP contribution is -2.38. The van der Waals surface area contributed by atoms with E-state index in [1.54, 1.807) is 0 Å². The minimum Gasteiger partial charge on any atom is -0.270 e. The molecule has 0 aromatic rings. The van der Waals surface area contributed by atoms with Crippen LogP contribution in [0.2, 0.25) is 0 Å². The molecule has 2 fully saturated rings. The Bertz CT molecular complexity index is 430. The molecule has 23 heavy (non-hydrogen) atoms. The third-order valence-electron chi connectivity index (χ3n) is 4.91. The maximum Gasteiger partial charge on any atom is 0.264 e. The van der Waals surface area contributed by atoms with Gasteiger partial charge in [0, 0.05) is 5.92 Å². The summed E-state index contributed by atoms with van der Waals surface area (Å²) >= 11 is 4.17. The molecule has 0 bridgehead atoms. The van der Waals surface area contributed by atoms with Crippen LogP contribution in [0.3, 0.4) is 0 Å². The molecule has 0 amide bonds. The number of thioether (sulfide) groups is 2. The maximum absolute atomic E-state index is 11.5. The van der Waals surface area contributed by atoms with Crippen LogP contribution in [0.15, 0.2) is 0 Å². The topological polar surface area (TPSA) is 43.4 Å². The fourth-order valence-electron chi connectivity index (χ4n) is 3.63. The van der Waals surface area contributed by atoms with Crippen molar-refractivity contribution >= 4 is 33.6 Å². The Labute approximate surface area is 151 Å². The van der Waals surface area contributed by atoms with E-state index < -0.39 is 10.1 Å². The van der Waals surface area contributed by atoms with Gasteiger partial charge in [0.25, 0.3) is 10.1 Å². The lowest BCUT2D eigenvalue weighted by Gasteiger charge is -2.42. The van der Waals surface area contributed by atoms with Crippen LogP contribution in [-0.2, 0) is 14.3 Å². The first-order valence-corrected chi connectivity index (χ1v) is 12.9. The molecular weight excluding hydrogens is 348 g/mol. The summed E-state index contributed by atoms with van der Waals surface area (Å²) in [6, 6.07) is 0. The molecular formula is C17H32O3S3. The van der Waals surface area contributed by atoms with Crippen LogP contribution < -0.4 is 0 Å². The van der Waals surface area contributed by atoms with Crippen LogP contribution >= 0.6 is 23.5 Å². The first-order valence-electron chi connectivity index (χ1n) is 9.14. The molecule has 2 rings (SSSR count). The molecule has 1 saturated carbocycles. The second-order valence-electron chi connectivity index (χ2n) is 6.91. The highest BCUT2D eigenvalue weighted by molar-refractivity contribution is 8.18. The first-order chi connectivity index (χ1) is 11.0. The standard InChI is InChI=1S/C17H32O3S3/c1-23(18,19)20-15-16-11-8-6-4-2-3-5-7-9-12-17(16)21-13-10-14-22-17/h16H,2-15H2,1H3/t16-/m0/s1. The zero-order valence-corrected chi connectivity index (χ0v) is 16.9. The van der Waals surface area contributed by atoms with Crippen molar-refractivity contribution in [2.45, 2.75) is 74.7 Å². The van der Waals surface area contributed by atoms with Gasteiger partial charge in [0.15, 0.2) is 0 Å². The molecule has 1 spiro atoms. The van der Waals surface area contributed by atoms with Gasteiger partial charge in [0.05, 0.1) is 16.9 Å². The summed E-state index contributed by atoms with van der Waals surface area (Å²) in [4.78, 5) is 0. The summed E-state index contributed by atoms with van der Waals surface area (Å²) < 4.78 is 28.4. The Morgan fingerprint density at radius 2 is 1.48 bits per heavy atom. The van der Waals surface area contributed by atoms with Crippen LogP contribution in [0, 0.1) is 5.92 Å². The zero-order chi connectivity index (χ0) is 16.6. The third kappa shape index (κ3) is 7.17. The average Bonchev–Trinajstić information content (AvgIpc) is 2.50. The van der Waals surface area contributed by atoms with E-state index in [4.69, 9.17) is 4.18 Å². The molecule has 6 heteroatoms. The minimum absolute atomic E-state index is 0.183. The van der Waals surface area contributed by atoms with Gasteiger partial charge in [0.1, 0.15) is 0 Å². The lowest BCUT2D eigenvalue weighted by atomic mass is 9.92. The molecule has 0 unspecified atom stereocenters. The average molecular weight is 381 g/mol. The quantitative estimate of drug-likeness (QED) is 0.640. The summed E-state index contributed by atoms with van der Waals surface area (Å²) in [6.07, 6.45) is 15.3. The zero-order valence-electron chi connectivity index (χ0n) is 14.4. The van der Waals surface area contributed by atoms with Gasteiger partial charge in [-0.2, -0.15) is 8.42 Å². The third-order valence-corrected chi connectivity index (χ3v) is 9.22. The van der Waals surface area contributed by atoms with Gasteiger partial charge in [-0.3, -0.25) is 4.18 Å². The summed E-state index contributed by atoms with van der Waals surface area (Å²) in [6.45, 7) is 0.374. The summed E-state index contributed by atoms with van der Waals surface area (Å²) in [5.41, 5.74) is 0. The molecule has 136 valence electrons. The monoisotopic (exact) mass is 380 g/mol. The number of hydrogen-bond acceptors (Lipinski definition) is 5. The Hall–Kier alpha value is 0.610. The van der Waals surface area contributed by atoms with Gasteiger partial charge in [-0.05, 0) is 30.8 Å². The van der Waals surface area contributed by atoms with Crippen molar-refractivity contribution in [3.63, 3.8) is 0 Å². The lowest BCUT2D eigenvalue weighted by molar-refractivity contribution is 0.226. The van der Waals surface area contributed by atoms with Gasteiger partial charge in [-0.25, -0.2) is 0 Å². The molecule has 1 aliphatic carbocycles. The maximum atomic E-state index is 11.5. The molecule has 1 atom stereocenters. The van der Waals surface area contributed by atoms with E-state index in [1.165, 1.54) is 82.0 Å². The van der Waals surface area contributed by atoms with Gasteiger partial charge < -0.3 is 0 Å². The molecule has 1 saturated heterocycles. The van der Waals surface area contributed by atoms with Gasteiger partial charge in [0.2, 0.25) is 0 Å². The largest absolute Gasteiger partial charge is 0.270 e. The number of hydrogen-bond donors (Lipinski definition) is 0. The number of rotatable bonds is 3. The smallest absolute Gasteiger partial charge is 0.264 e. The van der Waals surface area contributed by atoms with Crippen LogP contribution in [0.25, 0.3) is 0 Å². The molecule has 0 N–H and O–H groups in total. The van der Waals surface area contributed by atoms with E-state index in [-0.39, 0.29) is 4.08 Å². The normalized spacial score (nSPS) is 28.0. The Morgan fingerprint density at radius 1 is 0.913 bits per heavy atom. The van der Waals surface area contributed by atoms with Crippen molar-refractivity contribution in [1.82, 2.24) is 0 Å². The second kappa shape index (κ2) is 9.93. The highest BCUT2D eigenvalue weighted by Crippen LogP contribution is 2.52. The summed E-state index contributed by atoms with van der Waals surface area (Å²) in [7, 11) is -3.35. The van der Waals surface area contributed by atoms with Crippen molar-refractivity contribution in [2.75, 3.05) is 24.4 Å².